The number of aryl methyl sites for hydroxylation is 1. The highest BCUT2D eigenvalue weighted by molar-refractivity contribution is 6.30. The van der Waals surface area contributed by atoms with Gasteiger partial charge in [0.15, 0.2) is 0 Å². The Hall–Kier alpha value is -4.14. The second-order valence-electron chi connectivity index (χ2n) is 11.3. The van der Waals surface area contributed by atoms with Gasteiger partial charge < -0.3 is 34.3 Å². The van der Waals surface area contributed by atoms with Gasteiger partial charge in [0.2, 0.25) is 0 Å². The Bertz CT molecular complexity index is 1570. The van der Waals surface area contributed by atoms with E-state index in [0.717, 1.165) is 96.6 Å². The van der Waals surface area contributed by atoms with Crippen molar-refractivity contribution < 1.29 is 14.2 Å². The molecule has 47 heavy (non-hydrogen) atoms. The average molecular weight is 660 g/mol. The number of hydrogen-bond acceptors (Lipinski definition) is 7. The standard InChI is InChI=1S/C38H50ClN5O3/c1-5-9-22-44-36-28-32(46-27-24-43(8-4)23-20-40)16-18-35(36)41-38(44)34-17-15-33(45-26-19-30-11-13-31(39)14-12-30)29-37(34)47-25-10-21-42(6-2)7-3/h8,11-18,20,23,28-29H,4-7,9-10,19,21-22,24-27,40H2,1-3H3/b23-20-. The van der Waals surface area contributed by atoms with E-state index in [1.165, 1.54) is 11.8 Å². The van der Waals surface area contributed by atoms with Crippen molar-refractivity contribution in [2.45, 2.75) is 53.0 Å². The largest absolute Gasteiger partial charge is 0.493 e. The second-order valence-corrected chi connectivity index (χ2v) is 11.7. The van der Waals surface area contributed by atoms with Gasteiger partial charge in [-0.25, -0.2) is 4.98 Å². The summed E-state index contributed by atoms with van der Waals surface area (Å²) in [6, 6.07) is 20.1. The fourth-order valence-corrected chi connectivity index (χ4v) is 5.52. The molecule has 4 aromatic rings. The van der Waals surface area contributed by atoms with Gasteiger partial charge in [0.1, 0.15) is 29.7 Å². The summed E-state index contributed by atoms with van der Waals surface area (Å²) >= 11 is 6.06. The van der Waals surface area contributed by atoms with E-state index in [1.807, 2.05) is 53.4 Å². The highest BCUT2D eigenvalue weighted by Gasteiger charge is 2.18. The summed E-state index contributed by atoms with van der Waals surface area (Å²) in [4.78, 5) is 9.42. The Morgan fingerprint density at radius 2 is 1.62 bits per heavy atom. The molecule has 3 aromatic carbocycles. The molecule has 9 heteroatoms. The van der Waals surface area contributed by atoms with Crippen molar-refractivity contribution in [3.05, 3.63) is 96.4 Å². The first-order valence-electron chi connectivity index (χ1n) is 16.8. The van der Waals surface area contributed by atoms with E-state index >= 15 is 0 Å². The highest BCUT2D eigenvalue weighted by Crippen LogP contribution is 2.36. The van der Waals surface area contributed by atoms with Crippen LogP contribution in [0, 0.1) is 0 Å². The minimum Gasteiger partial charge on any atom is -0.493 e. The molecule has 0 aliphatic carbocycles. The predicted octanol–water partition coefficient (Wildman–Crippen LogP) is 8.14. The van der Waals surface area contributed by atoms with Crippen LogP contribution in [0.4, 0.5) is 0 Å². The number of imidazole rings is 1. The number of fused-ring (bicyclic) bond motifs is 1. The maximum absolute atomic E-state index is 6.51. The first kappa shape index (κ1) is 35.7. The van der Waals surface area contributed by atoms with E-state index in [-0.39, 0.29) is 0 Å². The van der Waals surface area contributed by atoms with Crippen LogP contribution in [-0.4, -0.2) is 65.4 Å². The number of halogens is 1. The Balaban J connectivity index is 1.60. The van der Waals surface area contributed by atoms with Gasteiger partial charge in [-0.2, -0.15) is 0 Å². The number of hydrogen-bond donors (Lipinski definition) is 1. The zero-order valence-electron chi connectivity index (χ0n) is 28.2. The van der Waals surface area contributed by atoms with Crippen molar-refractivity contribution in [2.24, 2.45) is 5.73 Å². The molecule has 1 heterocycles. The monoisotopic (exact) mass is 659 g/mol. The number of benzene rings is 3. The van der Waals surface area contributed by atoms with Crippen LogP contribution in [0.2, 0.25) is 5.02 Å². The lowest BCUT2D eigenvalue weighted by Gasteiger charge is -2.19. The molecule has 0 fully saturated rings. The van der Waals surface area contributed by atoms with Crippen LogP contribution in [0.3, 0.4) is 0 Å². The molecule has 0 amide bonds. The van der Waals surface area contributed by atoms with Gasteiger partial charge in [0.05, 0.1) is 36.4 Å². The smallest absolute Gasteiger partial charge is 0.144 e. The fourth-order valence-electron chi connectivity index (χ4n) is 5.39. The molecule has 1 aromatic heterocycles. The van der Waals surface area contributed by atoms with Crippen molar-refractivity contribution in [3.8, 4) is 28.6 Å². The number of unbranched alkanes of at least 4 members (excludes halogenated alkanes) is 1. The van der Waals surface area contributed by atoms with Crippen molar-refractivity contribution in [2.75, 3.05) is 46.0 Å². The lowest BCUT2D eigenvalue weighted by Crippen LogP contribution is -2.25. The summed E-state index contributed by atoms with van der Waals surface area (Å²) in [6.07, 6.45) is 8.79. The molecular formula is C38H50ClN5O3. The predicted molar refractivity (Wildman–Crippen MR) is 194 cm³/mol. The molecule has 4 rings (SSSR count). The molecule has 2 N–H and O–H groups in total. The molecule has 8 nitrogen and oxygen atoms in total. The molecule has 0 saturated carbocycles. The van der Waals surface area contributed by atoms with Crippen LogP contribution in [0.25, 0.3) is 22.4 Å². The summed E-state index contributed by atoms with van der Waals surface area (Å²) in [5.74, 6) is 3.21. The first-order valence-corrected chi connectivity index (χ1v) is 17.1. The third-order valence-electron chi connectivity index (χ3n) is 8.12. The molecule has 0 atom stereocenters. The summed E-state index contributed by atoms with van der Waals surface area (Å²) < 4.78 is 21.1. The molecule has 0 unspecified atom stereocenters. The SMILES string of the molecule is C=CN(/C=C\N)CCOc1ccc2nc(-c3ccc(OCCc4ccc(Cl)cc4)cc3OCCCN(CC)CC)n(CCCC)c2c1. The molecule has 0 aliphatic heterocycles. The Morgan fingerprint density at radius 3 is 2.34 bits per heavy atom. The van der Waals surface area contributed by atoms with Gasteiger partial charge in [0, 0.05) is 49.1 Å². The molecule has 0 spiro atoms. The van der Waals surface area contributed by atoms with E-state index < -0.39 is 0 Å². The van der Waals surface area contributed by atoms with Gasteiger partial charge in [-0.3, -0.25) is 0 Å². The van der Waals surface area contributed by atoms with Crippen molar-refractivity contribution >= 4 is 22.6 Å². The highest BCUT2D eigenvalue weighted by atomic mass is 35.5. The van der Waals surface area contributed by atoms with Crippen LogP contribution in [0.15, 0.2) is 85.8 Å². The van der Waals surface area contributed by atoms with Gasteiger partial charge in [-0.15, -0.1) is 0 Å². The number of aromatic nitrogens is 2. The Morgan fingerprint density at radius 1 is 0.872 bits per heavy atom. The maximum atomic E-state index is 6.51. The van der Waals surface area contributed by atoms with Crippen LogP contribution in [0.5, 0.6) is 17.2 Å². The van der Waals surface area contributed by atoms with Crippen molar-refractivity contribution in [3.63, 3.8) is 0 Å². The van der Waals surface area contributed by atoms with Gasteiger partial charge in [-0.05, 0) is 74.1 Å². The third-order valence-corrected chi connectivity index (χ3v) is 8.37. The quantitative estimate of drug-likeness (QED) is 0.0905. The van der Waals surface area contributed by atoms with E-state index in [0.29, 0.717) is 26.4 Å². The topological polar surface area (TPSA) is 78.0 Å². The first-order chi connectivity index (χ1) is 23.0. The third kappa shape index (κ3) is 10.4. The van der Waals surface area contributed by atoms with Crippen LogP contribution in [-0.2, 0) is 13.0 Å². The van der Waals surface area contributed by atoms with Crippen LogP contribution < -0.4 is 19.9 Å². The summed E-state index contributed by atoms with van der Waals surface area (Å²) in [7, 11) is 0. The van der Waals surface area contributed by atoms with Gasteiger partial charge in [0.25, 0.3) is 0 Å². The van der Waals surface area contributed by atoms with Gasteiger partial charge >= 0.3 is 0 Å². The number of nitrogens with two attached hydrogens (primary N) is 1. The summed E-state index contributed by atoms with van der Waals surface area (Å²) in [5.41, 5.74) is 9.61. The lowest BCUT2D eigenvalue weighted by atomic mass is 10.1. The van der Waals surface area contributed by atoms with E-state index in [4.69, 9.17) is 36.5 Å². The fraction of sp³-hybridized carbons (Fsp3) is 0.395. The van der Waals surface area contributed by atoms with E-state index in [9.17, 15) is 0 Å². The van der Waals surface area contributed by atoms with E-state index in [2.05, 4.69) is 48.9 Å². The number of rotatable bonds is 21. The Labute approximate surface area is 285 Å². The zero-order valence-corrected chi connectivity index (χ0v) is 28.9. The minimum absolute atomic E-state index is 0.489. The van der Waals surface area contributed by atoms with Crippen LogP contribution >= 0.6 is 11.6 Å². The maximum Gasteiger partial charge on any atom is 0.144 e. The molecule has 252 valence electrons. The van der Waals surface area contributed by atoms with E-state index in [1.54, 1.807) is 12.4 Å². The average Bonchev–Trinajstić information content (AvgIpc) is 3.45. The number of ether oxygens (including phenoxy) is 3. The molecule has 0 radical (unpaired) electrons. The summed E-state index contributed by atoms with van der Waals surface area (Å²) in [5, 5.41) is 0.734. The molecular weight excluding hydrogens is 610 g/mol. The Kier molecular flexibility index (Phi) is 14.3. The molecule has 0 aliphatic rings. The van der Waals surface area contributed by atoms with Crippen LogP contribution in [0.1, 0.15) is 45.6 Å². The minimum atomic E-state index is 0.489. The summed E-state index contributed by atoms with van der Waals surface area (Å²) in [6.45, 7) is 16.6. The second kappa shape index (κ2) is 18.9. The zero-order chi connectivity index (χ0) is 33.4. The normalized spacial score (nSPS) is 11.4. The van der Waals surface area contributed by atoms with Crippen molar-refractivity contribution in [1.29, 1.82) is 0 Å². The molecule has 0 bridgehead atoms. The van der Waals surface area contributed by atoms with Gasteiger partial charge in [-0.1, -0.05) is 57.5 Å². The number of nitrogens with zero attached hydrogens (tertiary/aromatic N) is 4. The molecule has 0 saturated heterocycles. The lowest BCUT2D eigenvalue weighted by molar-refractivity contribution is 0.248. The van der Waals surface area contributed by atoms with Crippen molar-refractivity contribution in [1.82, 2.24) is 19.4 Å².